The monoisotopic (exact) mass is 222 g/mol. The van der Waals surface area contributed by atoms with Crippen LogP contribution < -0.4 is 0 Å². The van der Waals surface area contributed by atoms with Gasteiger partial charge >= 0.3 is 0 Å². The van der Waals surface area contributed by atoms with Crippen LogP contribution in [0.25, 0.3) is 0 Å². The highest BCUT2D eigenvalue weighted by molar-refractivity contribution is 5.19. The van der Waals surface area contributed by atoms with Crippen molar-refractivity contribution in [3.05, 3.63) is 11.6 Å². The van der Waals surface area contributed by atoms with Gasteiger partial charge in [-0.25, -0.2) is 0 Å². The molecule has 0 amide bonds. The number of fused-ring (bicyclic) bond motifs is 2. The first-order chi connectivity index (χ1) is 7.66. The molecular weight excluding hydrogens is 200 g/mol. The largest absolute Gasteiger partial charge is 0.392 e. The Bertz CT molecular complexity index is 317. The average molecular weight is 222 g/mol. The zero-order valence-corrected chi connectivity index (χ0v) is 10.3. The molecular formula is C14H22O2. The molecule has 0 bridgehead atoms. The lowest BCUT2D eigenvalue weighted by molar-refractivity contribution is -0.0246. The smallest absolute Gasteiger partial charge is 0.0975 e. The SMILES string of the molecule is CC[C@H]1CC[C@@]2(CO2)[C@@H]2[C@@H]1C=C(C)C[C@H]2O. The van der Waals surface area contributed by atoms with E-state index in [2.05, 4.69) is 19.9 Å². The van der Waals surface area contributed by atoms with E-state index in [0.29, 0.717) is 11.8 Å². The van der Waals surface area contributed by atoms with Gasteiger partial charge in [-0.3, -0.25) is 0 Å². The van der Waals surface area contributed by atoms with Crippen LogP contribution >= 0.6 is 0 Å². The van der Waals surface area contributed by atoms with E-state index in [1.54, 1.807) is 0 Å². The van der Waals surface area contributed by atoms with Crippen molar-refractivity contribution >= 4 is 0 Å². The molecule has 3 aliphatic rings. The van der Waals surface area contributed by atoms with Crippen molar-refractivity contribution in [1.82, 2.24) is 0 Å². The summed E-state index contributed by atoms with van der Waals surface area (Å²) in [6.45, 7) is 5.31. The Labute approximate surface area is 97.7 Å². The molecule has 2 aliphatic carbocycles. The van der Waals surface area contributed by atoms with Crippen LogP contribution in [0.3, 0.4) is 0 Å². The van der Waals surface area contributed by atoms with E-state index in [1.165, 1.54) is 18.4 Å². The first-order valence-corrected chi connectivity index (χ1v) is 6.65. The lowest BCUT2D eigenvalue weighted by Crippen LogP contribution is -2.48. The van der Waals surface area contributed by atoms with E-state index in [-0.39, 0.29) is 11.7 Å². The number of ether oxygens (including phenoxy) is 1. The van der Waals surface area contributed by atoms with Crippen LogP contribution in [0.4, 0.5) is 0 Å². The number of allylic oxidation sites excluding steroid dienone is 1. The second kappa shape index (κ2) is 3.58. The van der Waals surface area contributed by atoms with Gasteiger partial charge in [-0.05, 0) is 38.0 Å². The van der Waals surface area contributed by atoms with Crippen LogP contribution in [-0.2, 0) is 4.74 Å². The summed E-state index contributed by atoms with van der Waals surface area (Å²) in [5, 5.41) is 10.3. The molecule has 90 valence electrons. The van der Waals surface area contributed by atoms with Crippen LogP contribution in [0.15, 0.2) is 11.6 Å². The third-order valence-electron chi connectivity index (χ3n) is 4.97. The van der Waals surface area contributed by atoms with Gasteiger partial charge in [0.25, 0.3) is 0 Å². The third kappa shape index (κ3) is 1.46. The number of rotatable bonds is 1. The molecule has 1 heterocycles. The summed E-state index contributed by atoms with van der Waals surface area (Å²) in [5.41, 5.74) is 1.43. The van der Waals surface area contributed by atoms with Gasteiger partial charge < -0.3 is 9.84 Å². The highest BCUT2D eigenvalue weighted by Crippen LogP contribution is 2.55. The Morgan fingerprint density at radius 3 is 2.94 bits per heavy atom. The first-order valence-electron chi connectivity index (χ1n) is 6.65. The second-order valence-corrected chi connectivity index (χ2v) is 5.95. The van der Waals surface area contributed by atoms with Crippen molar-refractivity contribution in [2.24, 2.45) is 17.8 Å². The van der Waals surface area contributed by atoms with Gasteiger partial charge in [0.05, 0.1) is 18.3 Å². The molecule has 1 saturated carbocycles. The Morgan fingerprint density at radius 2 is 2.31 bits per heavy atom. The van der Waals surface area contributed by atoms with E-state index in [1.807, 2.05) is 0 Å². The number of aliphatic hydroxyl groups excluding tert-OH is 1. The standard InChI is InChI=1S/C14H22O2/c1-3-10-4-5-14(8-16-14)13-11(10)6-9(2)7-12(13)15/h6,10-13,15H,3-5,7-8H2,1-2H3/t10-,11+,12+,13+,14+/m0/s1. The summed E-state index contributed by atoms with van der Waals surface area (Å²) in [7, 11) is 0. The molecule has 0 aromatic carbocycles. The summed E-state index contributed by atoms with van der Waals surface area (Å²) >= 11 is 0. The molecule has 5 atom stereocenters. The summed E-state index contributed by atoms with van der Waals surface area (Å²) in [6.07, 6.45) is 6.77. The fourth-order valence-electron chi connectivity index (χ4n) is 4.04. The van der Waals surface area contributed by atoms with Gasteiger partial charge in [-0.15, -0.1) is 0 Å². The van der Waals surface area contributed by atoms with Crippen molar-refractivity contribution in [2.75, 3.05) is 6.61 Å². The minimum Gasteiger partial charge on any atom is -0.392 e. The molecule has 2 fully saturated rings. The number of epoxide rings is 1. The number of hydrogen-bond donors (Lipinski definition) is 1. The van der Waals surface area contributed by atoms with Crippen molar-refractivity contribution in [2.45, 2.75) is 51.2 Å². The first kappa shape index (κ1) is 10.8. The molecule has 0 unspecified atom stereocenters. The Hall–Kier alpha value is -0.340. The molecule has 2 nitrogen and oxygen atoms in total. The van der Waals surface area contributed by atoms with Crippen LogP contribution in [0.1, 0.15) is 39.5 Å². The van der Waals surface area contributed by atoms with Gasteiger partial charge in [0.15, 0.2) is 0 Å². The quantitative estimate of drug-likeness (QED) is 0.546. The predicted molar refractivity (Wildman–Crippen MR) is 63.1 cm³/mol. The Morgan fingerprint density at radius 1 is 1.56 bits per heavy atom. The normalized spacial score (nSPS) is 51.1. The van der Waals surface area contributed by atoms with Crippen LogP contribution in [0.2, 0.25) is 0 Å². The molecule has 1 spiro atoms. The van der Waals surface area contributed by atoms with Crippen molar-refractivity contribution in [1.29, 1.82) is 0 Å². The van der Waals surface area contributed by atoms with Crippen molar-refractivity contribution in [3.8, 4) is 0 Å². The lowest BCUT2D eigenvalue weighted by atomic mass is 9.60. The predicted octanol–water partition coefficient (Wildman–Crippen LogP) is 2.52. The Balaban J connectivity index is 1.93. The number of hydrogen-bond acceptors (Lipinski definition) is 2. The zero-order valence-electron chi connectivity index (χ0n) is 10.3. The molecule has 16 heavy (non-hydrogen) atoms. The number of aliphatic hydroxyl groups is 1. The van der Waals surface area contributed by atoms with Gasteiger partial charge in [-0.2, -0.15) is 0 Å². The zero-order chi connectivity index (χ0) is 11.3. The maximum atomic E-state index is 10.3. The van der Waals surface area contributed by atoms with Crippen LogP contribution in [-0.4, -0.2) is 23.4 Å². The molecule has 1 aliphatic heterocycles. The van der Waals surface area contributed by atoms with E-state index in [4.69, 9.17) is 4.74 Å². The molecule has 0 radical (unpaired) electrons. The van der Waals surface area contributed by atoms with Gasteiger partial charge in [-0.1, -0.05) is 25.0 Å². The molecule has 1 N–H and O–H groups in total. The van der Waals surface area contributed by atoms with Gasteiger partial charge in [0.1, 0.15) is 0 Å². The lowest BCUT2D eigenvalue weighted by Gasteiger charge is -2.45. The maximum absolute atomic E-state index is 10.3. The summed E-state index contributed by atoms with van der Waals surface area (Å²) in [6, 6.07) is 0. The third-order valence-corrected chi connectivity index (χ3v) is 4.97. The van der Waals surface area contributed by atoms with Crippen molar-refractivity contribution < 1.29 is 9.84 Å². The van der Waals surface area contributed by atoms with E-state index in [9.17, 15) is 5.11 Å². The van der Waals surface area contributed by atoms with E-state index < -0.39 is 0 Å². The second-order valence-electron chi connectivity index (χ2n) is 5.95. The van der Waals surface area contributed by atoms with E-state index >= 15 is 0 Å². The minimum absolute atomic E-state index is 0.0625. The minimum atomic E-state index is -0.174. The molecule has 0 aromatic rings. The highest BCUT2D eigenvalue weighted by Gasteiger charge is 2.60. The summed E-state index contributed by atoms with van der Waals surface area (Å²) in [5.74, 6) is 1.68. The Kier molecular flexibility index (Phi) is 2.41. The van der Waals surface area contributed by atoms with Crippen molar-refractivity contribution in [3.63, 3.8) is 0 Å². The van der Waals surface area contributed by atoms with Crippen LogP contribution in [0.5, 0.6) is 0 Å². The van der Waals surface area contributed by atoms with E-state index in [0.717, 1.165) is 25.4 Å². The topological polar surface area (TPSA) is 32.8 Å². The fourth-order valence-corrected chi connectivity index (χ4v) is 4.04. The average Bonchev–Trinajstić information content (AvgIpc) is 2.98. The summed E-state index contributed by atoms with van der Waals surface area (Å²) in [4.78, 5) is 0. The summed E-state index contributed by atoms with van der Waals surface area (Å²) < 4.78 is 5.72. The highest BCUT2D eigenvalue weighted by atomic mass is 16.6. The molecule has 2 heteroatoms. The van der Waals surface area contributed by atoms with Crippen LogP contribution in [0, 0.1) is 17.8 Å². The molecule has 1 saturated heterocycles. The fraction of sp³-hybridized carbons (Fsp3) is 0.857. The van der Waals surface area contributed by atoms with Gasteiger partial charge in [0.2, 0.25) is 0 Å². The molecule has 3 rings (SSSR count). The molecule has 0 aromatic heterocycles. The maximum Gasteiger partial charge on any atom is 0.0975 e. The van der Waals surface area contributed by atoms with Gasteiger partial charge in [0, 0.05) is 5.92 Å².